The molecule has 1 aromatic carbocycles. The van der Waals surface area contributed by atoms with E-state index in [1.165, 1.54) is 12.3 Å². The normalized spacial score (nSPS) is 21.0. The molecule has 2 aliphatic rings. The number of benzene rings is 1. The fourth-order valence-corrected chi connectivity index (χ4v) is 4.16. The van der Waals surface area contributed by atoms with Crippen LogP contribution < -0.4 is 5.32 Å². The Hall–Kier alpha value is -2.43. The first kappa shape index (κ1) is 18.0. The number of aliphatic imine (C=N–C) groups is 1. The van der Waals surface area contributed by atoms with Crippen molar-refractivity contribution in [3.8, 4) is 6.19 Å². The van der Waals surface area contributed by atoms with Crippen LogP contribution in [0.2, 0.25) is 10.0 Å². The summed E-state index contributed by atoms with van der Waals surface area (Å²) in [5, 5.41) is 11.9. The van der Waals surface area contributed by atoms with Gasteiger partial charge in [-0.1, -0.05) is 23.2 Å². The van der Waals surface area contributed by atoms with Gasteiger partial charge in [-0.15, -0.1) is 0 Å². The summed E-state index contributed by atoms with van der Waals surface area (Å²) in [5.74, 6) is -0.918. The van der Waals surface area contributed by atoms with Crippen molar-refractivity contribution >= 4 is 34.8 Å². The lowest BCUT2D eigenvalue weighted by atomic mass is 9.95. The Morgan fingerprint density at radius 1 is 1.30 bits per heavy atom. The number of hydrogen-bond acceptors (Lipinski definition) is 3. The number of nitrogens with one attached hydrogen (secondary N) is 1. The molecule has 0 saturated carbocycles. The fourth-order valence-electron chi connectivity index (χ4n) is 3.85. The number of hydrogen-bond donors (Lipinski definition) is 1. The molecule has 3 heterocycles. The Bertz CT molecular complexity index is 988. The molecule has 0 unspecified atom stereocenters. The summed E-state index contributed by atoms with van der Waals surface area (Å²) in [6.45, 7) is 0. The number of nitrogens with zero attached hydrogens (tertiary/aromatic N) is 4. The predicted molar refractivity (Wildman–Crippen MR) is 97.8 cm³/mol. The molecule has 2 atom stereocenters. The van der Waals surface area contributed by atoms with Crippen LogP contribution in [0.4, 0.5) is 14.5 Å². The van der Waals surface area contributed by atoms with Crippen molar-refractivity contribution in [3.63, 3.8) is 0 Å². The molecule has 1 fully saturated rings. The van der Waals surface area contributed by atoms with Crippen molar-refractivity contribution < 1.29 is 8.78 Å². The molecule has 0 amide bonds. The SMILES string of the molecule is N#CNC(=Nc1cc(Cl)c(Cl)cc1F)N1[C@@H]2CC[C@H]1c1ccnc(F)c1C2. The van der Waals surface area contributed by atoms with Crippen LogP contribution >= 0.6 is 23.2 Å². The summed E-state index contributed by atoms with van der Waals surface area (Å²) < 4.78 is 28.4. The van der Waals surface area contributed by atoms with Crippen LogP contribution in [0.25, 0.3) is 0 Å². The van der Waals surface area contributed by atoms with Crippen molar-refractivity contribution in [3.05, 3.63) is 57.3 Å². The van der Waals surface area contributed by atoms with E-state index in [0.717, 1.165) is 24.5 Å². The van der Waals surface area contributed by atoms with Crippen LogP contribution in [0.15, 0.2) is 29.4 Å². The average Bonchev–Trinajstić information content (AvgIpc) is 2.94. The Kier molecular flexibility index (Phi) is 4.62. The molecule has 0 spiro atoms. The van der Waals surface area contributed by atoms with Gasteiger partial charge in [0.05, 0.1) is 16.1 Å². The highest BCUT2D eigenvalue weighted by Crippen LogP contribution is 2.44. The zero-order chi connectivity index (χ0) is 19.1. The van der Waals surface area contributed by atoms with Gasteiger partial charge < -0.3 is 4.90 Å². The number of aromatic nitrogens is 1. The lowest BCUT2D eigenvalue weighted by Gasteiger charge is -2.37. The van der Waals surface area contributed by atoms with E-state index < -0.39 is 11.8 Å². The summed E-state index contributed by atoms with van der Waals surface area (Å²) in [6.07, 6.45) is 5.29. The van der Waals surface area contributed by atoms with Gasteiger partial charge in [-0.3, -0.25) is 5.32 Å². The van der Waals surface area contributed by atoms with E-state index in [0.29, 0.717) is 12.0 Å². The zero-order valence-corrected chi connectivity index (χ0v) is 15.4. The number of pyridine rings is 1. The third-order valence-corrected chi connectivity index (χ3v) is 5.69. The summed E-state index contributed by atoms with van der Waals surface area (Å²) in [6, 6.07) is 3.94. The molecule has 2 aliphatic heterocycles. The van der Waals surface area contributed by atoms with Gasteiger partial charge in [0.25, 0.3) is 0 Å². The van der Waals surface area contributed by atoms with Crippen LogP contribution in [-0.4, -0.2) is 21.9 Å². The van der Waals surface area contributed by atoms with Crippen molar-refractivity contribution in [2.45, 2.75) is 31.3 Å². The van der Waals surface area contributed by atoms with Crippen molar-refractivity contribution in [2.24, 2.45) is 4.99 Å². The summed E-state index contributed by atoms with van der Waals surface area (Å²) in [7, 11) is 0. The van der Waals surface area contributed by atoms with Gasteiger partial charge in [0, 0.05) is 17.8 Å². The van der Waals surface area contributed by atoms with E-state index in [1.807, 2.05) is 11.1 Å². The summed E-state index contributed by atoms with van der Waals surface area (Å²) in [4.78, 5) is 9.93. The van der Waals surface area contributed by atoms with Crippen molar-refractivity contribution in [1.29, 1.82) is 5.26 Å². The second-order valence-electron chi connectivity index (χ2n) is 6.42. The van der Waals surface area contributed by atoms with Crippen molar-refractivity contribution in [2.75, 3.05) is 0 Å². The molecule has 1 N–H and O–H groups in total. The van der Waals surface area contributed by atoms with E-state index in [2.05, 4.69) is 15.3 Å². The second kappa shape index (κ2) is 6.95. The molecule has 9 heteroatoms. The standard InChI is InChI=1S/C18H13Cl2F2N5/c19-12-6-14(21)15(7-13(12)20)26-18(25-8-23)27-9-1-2-16(27)10-3-4-24-17(22)11(10)5-9/h3-4,6-7,9,16H,1-2,5H2,(H,25,26)/t9-,16+/m1/s1. The Balaban J connectivity index is 1.78. The third-order valence-electron chi connectivity index (χ3n) is 4.97. The quantitative estimate of drug-likeness (QED) is 0.189. The van der Waals surface area contributed by atoms with Gasteiger partial charge in [-0.25, -0.2) is 14.4 Å². The number of fused-ring (bicyclic) bond motifs is 4. The third kappa shape index (κ3) is 3.09. The van der Waals surface area contributed by atoms with Gasteiger partial charge in [-0.2, -0.15) is 9.65 Å². The first-order chi connectivity index (χ1) is 13.0. The van der Waals surface area contributed by atoms with Crippen molar-refractivity contribution in [1.82, 2.24) is 15.2 Å². The van der Waals surface area contributed by atoms with Gasteiger partial charge in [0.15, 0.2) is 12.0 Å². The number of halogens is 4. The molecular weight excluding hydrogens is 395 g/mol. The molecule has 4 rings (SSSR count). The molecule has 1 saturated heterocycles. The Labute approximate surface area is 164 Å². The first-order valence-corrected chi connectivity index (χ1v) is 9.05. The molecule has 0 radical (unpaired) electrons. The zero-order valence-electron chi connectivity index (χ0n) is 13.9. The maximum atomic E-state index is 14.3. The molecule has 27 heavy (non-hydrogen) atoms. The minimum atomic E-state index is -0.651. The molecule has 2 bridgehead atoms. The van der Waals surface area contributed by atoms with Gasteiger partial charge in [0.1, 0.15) is 5.69 Å². The lowest BCUT2D eigenvalue weighted by molar-refractivity contribution is 0.282. The van der Waals surface area contributed by atoms with Gasteiger partial charge in [0.2, 0.25) is 11.9 Å². The highest BCUT2D eigenvalue weighted by molar-refractivity contribution is 6.42. The second-order valence-corrected chi connectivity index (χ2v) is 7.23. The summed E-state index contributed by atoms with van der Waals surface area (Å²) in [5.41, 5.74) is 1.38. The first-order valence-electron chi connectivity index (χ1n) is 8.29. The molecule has 138 valence electrons. The Morgan fingerprint density at radius 2 is 2.07 bits per heavy atom. The van der Waals surface area contributed by atoms with Gasteiger partial charge >= 0.3 is 0 Å². The molecule has 2 aromatic rings. The maximum Gasteiger partial charge on any atom is 0.216 e. The highest BCUT2D eigenvalue weighted by atomic mass is 35.5. The van der Waals surface area contributed by atoms with E-state index in [1.54, 1.807) is 6.07 Å². The number of rotatable bonds is 1. The van der Waals surface area contributed by atoms with Crippen LogP contribution in [0.5, 0.6) is 0 Å². The maximum absolute atomic E-state index is 14.3. The minimum Gasteiger partial charge on any atom is -0.331 e. The van der Waals surface area contributed by atoms with E-state index in [-0.39, 0.29) is 33.8 Å². The predicted octanol–water partition coefficient (Wildman–Crippen LogP) is 4.49. The molecular formula is C18H13Cl2F2N5. The van der Waals surface area contributed by atoms with Crippen LogP contribution in [-0.2, 0) is 6.42 Å². The van der Waals surface area contributed by atoms with Crippen LogP contribution in [0.3, 0.4) is 0 Å². The number of guanidine groups is 1. The molecule has 5 nitrogen and oxygen atoms in total. The Morgan fingerprint density at radius 3 is 2.85 bits per heavy atom. The van der Waals surface area contributed by atoms with E-state index in [4.69, 9.17) is 28.5 Å². The largest absolute Gasteiger partial charge is 0.331 e. The fraction of sp³-hybridized carbons (Fsp3) is 0.278. The van der Waals surface area contributed by atoms with Gasteiger partial charge in [-0.05, 0) is 43.0 Å². The smallest absolute Gasteiger partial charge is 0.216 e. The minimum absolute atomic E-state index is 0.0340. The summed E-state index contributed by atoms with van der Waals surface area (Å²) >= 11 is 11.8. The average molecular weight is 408 g/mol. The monoisotopic (exact) mass is 407 g/mol. The van der Waals surface area contributed by atoms with Crippen LogP contribution in [0.1, 0.15) is 30.0 Å². The molecule has 0 aliphatic carbocycles. The molecule has 1 aromatic heterocycles. The highest BCUT2D eigenvalue weighted by Gasteiger charge is 2.43. The van der Waals surface area contributed by atoms with E-state index in [9.17, 15) is 8.78 Å². The lowest BCUT2D eigenvalue weighted by Crippen LogP contribution is -2.47. The van der Waals surface area contributed by atoms with Crippen LogP contribution in [0, 0.1) is 23.2 Å². The topological polar surface area (TPSA) is 64.3 Å². The van der Waals surface area contributed by atoms with E-state index >= 15 is 0 Å². The number of nitriles is 1.